The molecule has 0 spiro atoms. The molecular formula is C9H12O2. The summed E-state index contributed by atoms with van der Waals surface area (Å²) in [5.74, 6) is 0.661. The molecule has 0 aromatic heterocycles. The van der Waals surface area contributed by atoms with Gasteiger partial charge in [0, 0.05) is 6.08 Å². The van der Waals surface area contributed by atoms with Crippen LogP contribution in [0, 0.1) is 11.8 Å². The summed E-state index contributed by atoms with van der Waals surface area (Å²) >= 11 is 0. The van der Waals surface area contributed by atoms with Crippen LogP contribution in [0.15, 0.2) is 11.6 Å². The second-order valence-electron chi connectivity index (χ2n) is 3.64. The van der Waals surface area contributed by atoms with E-state index in [0.29, 0.717) is 5.92 Å². The Balaban J connectivity index is 2.13. The molecule has 2 nitrogen and oxygen atoms in total. The lowest BCUT2D eigenvalue weighted by Gasteiger charge is -2.11. The highest BCUT2D eigenvalue weighted by Crippen LogP contribution is 2.47. The van der Waals surface area contributed by atoms with Gasteiger partial charge >= 0.3 is 5.97 Å². The second-order valence-corrected chi connectivity index (χ2v) is 3.64. The van der Waals surface area contributed by atoms with Gasteiger partial charge in [0.05, 0.1) is 0 Å². The molecule has 0 radical (unpaired) electrons. The van der Waals surface area contributed by atoms with E-state index in [1.165, 1.54) is 30.9 Å². The first-order valence-corrected chi connectivity index (χ1v) is 4.19. The second kappa shape index (κ2) is 2.36. The summed E-state index contributed by atoms with van der Waals surface area (Å²) in [4.78, 5) is 10.4. The van der Waals surface area contributed by atoms with Crippen molar-refractivity contribution in [3.63, 3.8) is 0 Å². The molecule has 2 rings (SSSR count). The predicted octanol–water partition coefficient (Wildman–Crippen LogP) is 1.82. The Morgan fingerprint density at radius 1 is 1.55 bits per heavy atom. The van der Waals surface area contributed by atoms with E-state index in [1.807, 2.05) is 0 Å². The van der Waals surface area contributed by atoms with Crippen molar-refractivity contribution < 1.29 is 9.90 Å². The summed E-state index contributed by atoms with van der Waals surface area (Å²) in [6.07, 6.45) is 6.27. The molecular weight excluding hydrogens is 140 g/mol. The molecule has 0 amide bonds. The summed E-state index contributed by atoms with van der Waals surface area (Å²) in [7, 11) is 0. The van der Waals surface area contributed by atoms with Gasteiger partial charge in [-0.15, -0.1) is 0 Å². The number of carboxylic acids is 1. The minimum Gasteiger partial charge on any atom is -0.478 e. The molecule has 1 N–H and O–H groups in total. The number of hydrogen-bond acceptors (Lipinski definition) is 1. The topological polar surface area (TPSA) is 37.3 Å². The van der Waals surface area contributed by atoms with Gasteiger partial charge in [0.15, 0.2) is 0 Å². The van der Waals surface area contributed by atoms with Crippen LogP contribution in [-0.2, 0) is 4.79 Å². The van der Waals surface area contributed by atoms with E-state index in [1.54, 1.807) is 0 Å². The lowest BCUT2D eigenvalue weighted by atomic mass is 9.95. The Kier molecular flexibility index (Phi) is 1.48. The van der Waals surface area contributed by atoms with Crippen LogP contribution in [0.25, 0.3) is 0 Å². The number of rotatable bonds is 1. The monoisotopic (exact) mass is 152 g/mol. The van der Waals surface area contributed by atoms with Crippen LogP contribution in [0.5, 0.6) is 0 Å². The summed E-state index contributed by atoms with van der Waals surface area (Å²) in [6, 6.07) is 0. The molecule has 60 valence electrons. The van der Waals surface area contributed by atoms with E-state index in [9.17, 15) is 4.79 Å². The molecule has 2 fully saturated rings. The van der Waals surface area contributed by atoms with E-state index in [4.69, 9.17) is 5.11 Å². The normalized spacial score (nSPS) is 38.4. The molecule has 2 saturated carbocycles. The summed E-state index contributed by atoms with van der Waals surface area (Å²) in [5, 5.41) is 8.53. The minimum atomic E-state index is -0.771. The van der Waals surface area contributed by atoms with Crippen molar-refractivity contribution in [2.75, 3.05) is 0 Å². The van der Waals surface area contributed by atoms with Crippen molar-refractivity contribution in [1.82, 2.24) is 0 Å². The number of allylic oxidation sites excluding steroid dienone is 1. The number of carbonyl (C=O) groups is 1. The van der Waals surface area contributed by atoms with Gasteiger partial charge in [0.25, 0.3) is 0 Å². The first kappa shape index (κ1) is 6.89. The molecule has 0 aliphatic heterocycles. The molecule has 0 aromatic rings. The van der Waals surface area contributed by atoms with Gasteiger partial charge in [-0.1, -0.05) is 5.57 Å². The largest absolute Gasteiger partial charge is 0.478 e. The van der Waals surface area contributed by atoms with Crippen molar-refractivity contribution >= 4 is 5.97 Å². The SMILES string of the molecule is O=C(O)/C=C1\CC2CCC1C2. The molecule has 11 heavy (non-hydrogen) atoms. The van der Waals surface area contributed by atoms with E-state index >= 15 is 0 Å². The average Bonchev–Trinajstić information content (AvgIpc) is 2.45. The zero-order chi connectivity index (χ0) is 7.84. The lowest BCUT2D eigenvalue weighted by Crippen LogP contribution is -2.01. The van der Waals surface area contributed by atoms with Gasteiger partial charge in [-0.2, -0.15) is 0 Å². The highest BCUT2D eigenvalue weighted by molar-refractivity contribution is 5.80. The smallest absolute Gasteiger partial charge is 0.328 e. The number of fused-ring (bicyclic) bond motifs is 2. The third-order valence-electron chi connectivity index (χ3n) is 2.90. The molecule has 2 bridgehead atoms. The minimum absolute atomic E-state index is 0.621. The third-order valence-corrected chi connectivity index (χ3v) is 2.90. The van der Waals surface area contributed by atoms with Crippen LogP contribution in [0.3, 0.4) is 0 Å². The Bertz CT molecular complexity index is 218. The van der Waals surface area contributed by atoms with Gasteiger partial charge in [-0.25, -0.2) is 4.79 Å². The van der Waals surface area contributed by atoms with Crippen LogP contribution >= 0.6 is 0 Å². The molecule has 2 heteroatoms. The van der Waals surface area contributed by atoms with Crippen molar-refractivity contribution in [2.24, 2.45) is 11.8 Å². The van der Waals surface area contributed by atoms with Gasteiger partial charge in [-0.3, -0.25) is 0 Å². The van der Waals surface area contributed by atoms with Gasteiger partial charge in [-0.05, 0) is 37.5 Å². The molecule has 2 unspecified atom stereocenters. The van der Waals surface area contributed by atoms with Crippen LogP contribution in [-0.4, -0.2) is 11.1 Å². The zero-order valence-corrected chi connectivity index (χ0v) is 6.42. The number of aliphatic carboxylic acids is 1. The summed E-state index contributed by atoms with van der Waals surface area (Å²) in [5.41, 5.74) is 1.19. The molecule has 0 aromatic carbocycles. The predicted molar refractivity (Wildman–Crippen MR) is 41.2 cm³/mol. The fraction of sp³-hybridized carbons (Fsp3) is 0.667. The van der Waals surface area contributed by atoms with Crippen molar-refractivity contribution in [1.29, 1.82) is 0 Å². The maximum atomic E-state index is 10.4. The molecule has 0 heterocycles. The maximum absolute atomic E-state index is 10.4. The first-order valence-electron chi connectivity index (χ1n) is 4.19. The Hall–Kier alpha value is -0.790. The Morgan fingerprint density at radius 2 is 2.36 bits per heavy atom. The zero-order valence-electron chi connectivity index (χ0n) is 6.42. The average molecular weight is 152 g/mol. The lowest BCUT2D eigenvalue weighted by molar-refractivity contribution is -0.131. The third kappa shape index (κ3) is 1.17. The fourth-order valence-electron chi connectivity index (χ4n) is 2.43. The Labute approximate surface area is 65.9 Å². The highest BCUT2D eigenvalue weighted by Gasteiger charge is 2.35. The summed E-state index contributed by atoms with van der Waals surface area (Å²) < 4.78 is 0. The fourth-order valence-corrected chi connectivity index (χ4v) is 2.43. The van der Waals surface area contributed by atoms with E-state index in [-0.39, 0.29) is 0 Å². The number of hydrogen-bond donors (Lipinski definition) is 1. The quantitative estimate of drug-likeness (QED) is 0.582. The van der Waals surface area contributed by atoms with Gasteiger partial charge < -0.3 is 5.11 Å². The maximum Gasteiger partial charge on any atom is 0.328 e. The van der Waals surface area contributed by atoms with Crippen LogP contribution in [0.1, 0.15) is 25.7 Å². The molecule has 2 aliphatic rings. The van der Waals surface area contributed by atoms with E-state index in [2.05, 4.69) is 0 Å². The van der Waals surface area contributed by atoms with Crippen molar-refractivity contribution in [3.8, 4) is 0 Å². The van der Waals surface area contributed by atoms with Crippen molar-refractivity contribution in [3.05, 3.63) is 11.6 Å². The highest BCUT2D eigenvalue weighted by atomic mass is 16.4. The van der Waals surface area contributed by atoms with Gasteiger partial charge in [0.2, 0.25) is 0 Å². The van der Waals surface area contributed by atoms with Crippen LogP contribution < -0.4 is 0 Å². The first-order chi connectivity index (χ1) is 5.25. The molecule has 2 aliphatic carbocycles. The Morgan fingerprint density at radius 3 is 2.82 bits per heavy atom. The standard InChI is InChI=1S/C9H12O2/c10-9(11)5-8-4-6-1-2-7(8)3-6/h5-7H,1-4H2,(H,10,11)/b8-5+. The number of carboxylic acid groups (broad SMARTS) is 1. The summed E-state index contributed by atoms with van der Waals surface area (Å²) in [6.45, 7) is 0. The molecule has 2 atom stereocenters. The van der Waals surface area contributed by atoms with Gasteiger partial charge in [0.1, 0.15) is 0 Å². The van der Waals surface area contributed by atoms with E-state index in [0.717, 1.165) is 12.3 Å². The van der Waals surface area contributed by atoms with Crippen LogP contribution in [0.2, 0.25) is 0 Å². The van der Waals surface area contributed by atoms with E-state index < -0.39 is 5.97 Å². The molecule has 0 saturated heterocycles. The van der Waals surface area contributed by atoms with Crippen molar-refractivity contribution in [2.45, 2.75) is 25.7 Å². The van der Waals surface area contributed by atoms with Crippen LogP contribution in [0.4, 0.5) is 0 Å².